The number of carbonyl (C=O) groups is 1. The molecule has 0 saturated carbocycles. The molecule has 1 N–H and O–H groups in total. The molecule has 0 radical (unpaired) electrons. The van der Waals surface area contributed by atoms with Crippen molar-refractivity contribution in [2.75, 3.05) is 5.32 Å². The Morgan fingerprint density at radius 3 is 2.60 bits per heavy atom. The van der Waals surface area contributed by atoms with E-state index in [1.165, 1.54) is 36.9 Å². The van der Waals surface area contributed by atoms with Crippen LogP contribution >= 0.6 is 0 Å². The van der Waals surface area contributed by atoms with Crippen molar-refractivity contribution in [1.82, 2.24) is 20.0 Å². The Labute approximate surface area is 166 Å². The van der Waals surface area contributed by atoms with Gasteiger partial charge in [0.1, 0.15) is 5.82 Å². The summed E-state index contributed by atoms with van der Waals surface area (Å²) in [6, 6.07) is 10.6. The second-order valence-corrected chi connectivity index (χ2v) is 6.08. The minimum atomic E-state index is -4.97. The number of oxazole rings is 1. The summed E-state index contributed by atoms with van der Waals surface area (Å²) < 4.78 is 60.0. The van der Waals surface area contributed by atoms with Crippen LogP contribution in [0.5, 0.6) is 0 Å². The monoisotopic (exact) mass is 417 g/mol. The summed E-state index contributed by atoms with van der Waals surface area (Å²) in [5, 5.41) is 9.16. The smallest absolute Gasteiger partial charge is 0.435 e. The van der Waals surface area contributed by atoms with Crippen molar-refractivity contribution < 1.29 is 26.8 Å². The zero-order valence-electron chi connectivity index (χ0n) is 14.9. The van der Waals surface area contributed by atoms with Crippen LogP contribution in [0.4, 0.5) is 23.2 Å². The Bertz CT molecular complexity index is 1200. The Balaban J connectivity index is 1.69. The van der Waals surface area contributed by atoms with Crippen molar-refractivity contribution in [1.29, 1.82) is 0 Å². The zero-order valence-corrected chi connectivity index (χ0v) is 14.9. The van der Waals surface area contributed by atoms with Crippen LogP contribution in [0.25, 0.3) is 17.0 Å². The van der Waals surface area contributed by atoms with Crippen LogP contribution in [0.3, 0.4) is 0 Å². The number of alkyl halides is 3. The fourth-order valence-electron chi connectivity index (χ4n) is 2.78. The molecule has 30 heavy (non-hydrogen) atoms. The van der Waals surface area contributed by atoms with Gasteiger partial charge < -0.3 is 9.73 Å². The van der Waals surface area contributed by atoms with Crippen molar-refractivity contribution in [2.24, 2.45) is 0 Å². The molecule has 4 aromatic rings. The fourth-order valence-corrected chi connectivity index (χ4v) is 2.78. The van der Waals surface area contributed by atoms with Crippen LogP contribution in [0.15, 0.2) is 65.5 Å². The highest BCUT2D eigenvalue weighted by atomic mass is 19.4. The predicted molar refractivity (Wildman–Crippen MR) is 96.2 cm³/mol. The lowest BCUT2D eigenvalue weighted by atomic mass is 10.1. The average Bonchev–Trinajstić information content (AvgIpc) is 3.38. The number of carbonyl (C=O) groups excluding carboxylic acids is 1. The van der Waals surface area contributed by atoms with E-state index in [4.69, 9.17) is 4.42 Å². The first kappa shape index (κ1) is 19.3. The van der Waals surface area contributed by atoms with Crippen LogP contribution in [-0.4, -0.2) is 25.9 Å². The molecule has 4 rings (SSSR count). The van der Waals surface area contributed by atoms with Crippen LogP contribution in [0, 0.1) is 5.82 Å². The summed E-state index contributed by atoms with van der Waals surface area (Å²) in [7, 11) is 0. The van der Waals surface area contributed by atoms with E-state index in [2.05, 4.69) is 20.6 Å². The number of aromatic nitrogens is 4. The number of amides is 1. The topological polar surface area (TPSA) is 85.8 Å². The number of benzene rings is 2. The maximum Gasteiger partial charge on any atom is 0.435 e. The van der Waals surface area contributed by atoms with Crippen LogP contribution in [-0.2, 0) is 6.18 Å². The third-order valence-electron chi connectivity index (χ3n) is 4.04. The SMILES string of the molecule is O=C(Nc1cccc(-c2cnco2)c1)c1nnn(-c2cccc(F)c2)c1C(F)(F)F. The van der Waals surface area contributed by atoms with E-state index in [0.717, 1.165) is 12.1 Å². The standard InChI is InChI=1S/C19H11F4N5O2/c20-12-4-2-6-14(8-12)28-17(19(21,22)23)16(26-27-28)18(29)25-13-5-1-3-11(7-13)15-9-24-10-30-15/h1-10H,(H,25,29). The van der Waals surface area contributed by atoms with E-state index in [9.17, 15) is 22.4 Å². The fraction of sp³-hybridized carbons (Fsp3) is 0.0526. The van der Waals surface area contributed by atoms with E-state index in [1.807, 2.05) is 0 Å². The van der Waals surface area contributed by atoms with Crippen molar-refractivity contribution >= 4 is 11.6 Å². The largest absolute Gasteiger partial charge is 0.444 e. The minimum Gasteiger partial charge on any atom is -0.444 e. The van der Waals surface area contributed by atoms with Gasteiger partial charge in [0.15, 0.2) is 23.5 Å². The summed E-state index contributed by atoms with van der Waals surface area (Å²) in [4.78, 5) is 16.3. The lowest BCUT2D eigenvalue weighted by molar-refractivity contribution is -0.143. The molecule has 1 amide bonds. The van der Waals surface area contributed by atoms with Gasteiger partial charge in [-0.1, -0.05) is 23.4 Å². The Morgan fingerprint density at radius 2 is 1.90 bits per heavy atom. The molecule has 0 saturated heterocycles. The number of hydrogen-bond acceptors (Lipinski definition) is 5. The molecular formula is C19H11F4N5O2. The van der Waals surface area contributed by atoms with Crippen molar-refractivity contribution in [3.63, 3.8) is 0 Å². The summed E-state index contributed by atoms with van der Waals surface area (Å²) in [6.45, 7) is 0. The first-order chi connectivity index (χ1) is 14.3. The van der Waals surface area contributed by atoms with Gasteiger partial charge in [-0.3, -0.25) is 4.79 Å². The predicted octanol–water partition coefficient (Wildman–Crippen LogP) is 4.33. The van der Waals surface area contributed by atoms with E-state index in [0.29, 0.717) is 16.0 Å². The molecule has 0 unspecified atom stereocenters. The first-order valence-corrected chi connectivity index (χ1v) is 8.42. The summed E-state index contributed by atoms with van der Waals surface area (Å²) in [5.41, 5.74) is -1.82. The third-order valence-corrected chi connectivity index (χ3v) is 4.04. The van der Waals surface area contributed by atoms with Crippen molar-refractivity contribution in [3.05, 3.63) is 78.3 Å². The van der Waals surface area contributed by atoms with Crippen molar-refractivity contribution in [3.8, 4) is 17.0 Å². The van der Waals surface area contributed by atoms with E-state index in [1.54, 1.807) is 12.1 Å². The minimum absolute atomic E-state index is 0.210. The molecule has 0 aliphatic heterocycles. The van der Waals surface area contributed by atoms with Gasteiger partial charge in [-0.2, -0.15) is 13.2 Å². The van der Waals surface area contributed by atoms with Crippen molar-refractivity contribution in [2.45, 2.75) is 6.18 Å². The van der Waals surface area contributed by atoms with Gasteiger partial charge in [0, 0.05) is 11.3 Å². The summed E-state index contributed by atoms with van der Waals surface area (Å²) in [6.07, 6.45) is -2.29. The number of anilines is 1. The summed E-state index contributed by atoms with van der Waals surface area (Å²) in [5.74, 6) is -1.47. The van der Waals surface area contributed by atoms with Gasteiger partial charge in [0.25, 0.3) is 5.91 Å². The quantitative estimate of drug-likeness (QED) is 0.500. The second-order valence-electron chi connectivity index (χ2n) is 6.08. The van der Waals surface area contributed by atoms with Crippen LogP contribution in [0.1, 0.15) is 16.2 Å². The lowest BCUT2D eigenvalue weighted by Gasteiger charge is -2.11. The average molecular weight is 417 g/mol. The molecule has 2 heterocycles. The molecule has 0 spiro atoms. The lowest BCUT2D eigenvalue weighted by Crippen LogP contribution is -2.21. The molecule has 2 aromatic heterocycles. The highest BCUT2D eigenvalue weighted by Gasteiger charge is 2.42. The molecular weight excluding hydrogens is 406 g/mol. The van der Waals surface area contributed by atoms with E-state index < -0.39 is 29.3 Å². The molecule has 2 aromatic carbocycles. The number of halogens is 4. The highest BCUT2D eigenvalue weighted by molar-refractivity contribution is 6.04. The maximum absolute atomic E-state index is 13.7. The van der Waals surface area contributed by atoms with Gasteiger partial charge in [-0.05, 0) is 30.3 Å². The molecule has 0 aliphatic rings. The van der Waals surface area contributed by atoms with Gasteiger partial charge in [0.05, 0.1) is 11.9 Å². The number of nitrogens with zero attached hydrogens (tertiary/aromatic N) is 4. The molecule has 7 nitrogen and oxygen atoms in total. The Kier molecular flexibility index (Phi) is 4.78. The van der Waals surface area contributed by atoms with Gasteiger partial charge in [0.2, 0.25) is 0 Å². The zero-order chi connectivity index (χ0) is 21.3. The second kappa shape index (κ2) is 7.43. The Morgan fingerprint density at radius 1 is 1.10 bits per heavy atom. The molecule has 11 heteroatoms. The summed E-state index contributed by atoms with van der Waals surface area (Å²) >= 11 is 0. The molecule has 0 fully saturated rings. The van der Waals surface area contributed by atoms with Crippen LogP contribution in [0.2, 0.25) is 0 Å². The molecule has 0 bridgehead atoms. The first-order valence-electron chi connectivity index (χ1n) is 8.42. The molecule has 0 aliphatic carbocycles. The van der Waals surface area contributed by atoms with Crippen LogP contribution < -0.4 is 5.32 Å². The Hall–Kier alpha value is -4.02. The normalized spacial score (nSPS) is 11.5. The van der Waals surface area contributed by atoms with Gasteiger partial charge >= 0.3 is 6.18 Å². The number of nitrogens with one attached hydrogen (secondary N) is 1. The van der Waals surface area contributed by atoms with Gasteiger partial charge in [-0.25, -0.2) is 14.1 Å². The number of rotatable bonds is 4. The molecule has 0 atom stereocenters. The third kappa shape index (κ3) is 3.77. The highest BCUT2D eigenvalue weighted by Crippen LogP contribution is 2.33. The van der Waals surface area contributed by atoms with Gasteiger partial charge in [-0.15, -0.1) is 5.10 Å². The van der Waals surface area contributed by atoms with E-state index in [-0.39, 0.29) is 11.4 Å². The number of hydrogen-bond donors (Lipinski definition) is 1. The van der Waals surface area contributed by atoms with E-state index >= 15 is 0 Å². The maximum atomic E-state index is 13.7. The molecule has 152 valence electrons.